The Morgan fingerprint density at radius 2 is 1.84 bits per heavy atom. The Balaban J connectivity index is 1.50. The Bertz CT molecular complexity index is 1480. The number of nitrogens with zero attached hydrogens (tertiary/aromatic N) is 3. The number of aliphatic hydroxyl groups excluding tert-OH is 1. The minimum atomic E-state index is -4.24. The van der Waals surface area contributed by atoms with Crippen LogP contribution in [0.3, 0.4) is 0 Å². The molecule has 2 saturated heterocycles. The van der Waals surface area contributed by atoms with Crippen LogP contribution in [0.15, 0.2) is 53.4 Å². The zero-order chi connectivity index (χ0) is 32.2. The normalized spacial score (nSPS) is 22.4. The quantitative estimate of drug-likeness (QED) is 0.343. The van der Waals surface area contributed by atoms with Crippen molar-refractivity contribution in [2.24, 2.45) is 11.3 Å². The van der Waals surface area contributed by atoms with Crippen molar-refractivity contribution < 1.29 is 42.4 Å². The Morgan fingerprint density at radius 3 is 2.56 bits per heavy atom. The molecule has 5 rings (SSSR count). The molecule has 12 nitrogen and oxygen atoms in total. The number of fused-ring (bicyclic) bond motifs is 2. The van der Waals surface area contributed by atoms with Crippen molar-refractivity contribution in [2.75, 3.05) is 39.5 Å². The van der Waals surface area contributed by atoms with Crippen LogP contribution in [-0.4, -0.2) is 92.8 Å². The van der Waals surface area contributed by atoms with E-state index in [4.69, 9.17) is 18.9 Å². The monoisotopic (exact) mass is 642 g/mol. The van der Waals surface area contributed by atoms with Crippen LogP contribution in [0, 0.1) is 22.7 Å². The van der Waals surface area contributed by atoms with Gasteiger partial charge in [-0.3, -0.25) is 0 Å². The summed E-state index contributed by atoms with van der Waals surface area (Å²) in [6.45, 7) is 4.39. The molecule has 3 aliphatic rings. The molecule has 13 heteroatoms. The molecule has 0 saturated carbocycles. The van der Waals surface area contributed by atoms with Crippen LogP contribution in [0.1, 0.15) is 38.7 Å². The van der Waals surface area contributed by atoms with E-state index in [2.05, 4.69) is 6.07 Å². The maximum Gasteiger partial charge on any atom is 0.243 e. The van der Waals surface area contributed by atoms with Gasteiger partial charge in [-0.2, -0.15) is 9.57 Å². The predicted octanol–water partition coefficient (Wildman–Crippen LogP) is 2.16. The Hall–Kier alpha value is -3.41. The van der Waals surface area contributed by atoms with Gasteiger partial charge in [-0.15, -0.1) is 0 Å². The zero-order valence-electron chi connectivity index (χ0n) is 25.5. The Kier molecular flexibility index (Phi) is 10.2. The summed E-state index contributed by atoms with van der Waals surface area (Å²) in [5.41, 5.74) is 0.119. The molecule has 3 aliphatic heterocycles. The van der Waals surface area contributed by atoms with Crippen molar-refractivity contribution in [3.8, 4) is 17.6 Å². The minimum absolute atomic E-state index is 0.0308. The molecule has 0 spiro atoms. The van der Waals surface area contributed by atoms with Gasteiger partial charge < -0.3 is 38.9 Å². The fourth-order valence-corrected chi connectivity index (χ4v) is 8.05. The van der Waals surface area contributed by atoms with Crippen LogP contribution in [0.2, 0.25) is 0 Å². The lowest BCUT2D eigenvalue weighted by Crippen LogP contribution is -2.61. The SMILES string of the molecule is CC(C)(CCC#N)CN(C[C@@H](O)[C@H](Cc1ccccc1)N(C(=O)[O-])[C@H]1CO[C@H]2OCC[C@H]21)S(=O)(=O)c1ccc2c(c1)OCCO2. The third-order valence-electron chi connectivity index (χ3n) is 8.73. The summed E-state index contributed by atoms with van der Waals surface area (Å²) in [4.78, 5) is 13.9. The lowest BCUT2D eigenvalue weighted by atomic mass is 9.87. The highest BCUT2D eigenvalue weighted by Gasteiger charge is 2.47. The molecule has 0 aliphatic carbocycles. The number of rotatable bonds is 13. The number of carbonyl (C=O) groups excluding carboxylic acids is 1. The summed E-state index contributed by atoms with van der Waals surface area (Å²) in [6, 6.07) is 13.9. The van der Waals surface area contributed by atoms with Gasteiger partial charge in [0.1, 0.15) is 19.3 Å². The van der Waals surface area contributed by atoms with E-state index in [1.54, 1.807) is 0 Å². The van der Waals surface area contributed by atoms with Crippen LogP contribution in [-0.2, 0) is 25.9 Å². The van der Waals surface area contributed by atoms with Crippen molar-refractivity contribution in [2.45, 2.75) is 68.9 Å². The first-order chi connectivity index (χ1) is 21.5. The number of aliphatic hydroxyl groups is 1. The first-order valence-corrected chi connectivity index (χ1v) is 16.7. The van der Waals surface area contributed by atoms with Crippen LogP contribution in [0.25, 0.3) is 0 Å². The third-order valence-corrected chi connectivity index (χ3v) is 10.5. The number of hydrogen-bond donors (Lipinski definition) is 1. The highest BCUT2D eigenvalue weighted by molar-refractivity contribution is 7.89. The molecule has 0 bridgehead atoms. The number of benzene rings is 2. The zero-order valence-corrected chi connectivity index (χ0v) is 26.4. The van der Waals surface area contributed by atoms with Crippen LogP contribution >= 0.6 is 0 Å². The second-order valence-electron chi connectivity index (χ2n) is 12.5. The molecule has 2 aromatic carbocycles. The van der Waals surface area contributed by atoms with Crippen molar-refractivity contribution in [3.63, 3.8) is 0 Å². The number of nitriles is 1. The Labute approximate surface area is 264 Å². The molecule has 0 radical (unpaired) electrons. The van der Waals surface area contributed by atoms with E-state index in [1.165, 1.54) is 22.5 Å². The lowest BCUT2D eigenvalue weighted by molar-refractivity contribution is -0.273. The molecule has 0 unspecified atom stereocenters. The van der Waals surface area contributed by atoms with E-state index in [-0.39, 0.29) is 43.4 Å². The summed E-state index contributed by atoms with van der Waals surface area (Å²) < 4.78 is 52.3. The van der Waals surface area contributed by atoms with E-state index in [0.717, 1.165) is 10.5 Å². The highest BCUT2D eigenvalue weighted by atomic mass is 32.2. The van der Waals surface area contributed by atoms with E-state index in [1.807, 2.05) is 44.2 Å². The van der Waals surface area contributed by atoms with Gasteiger partial charge in [0, 0.05) is 31.5 Å². The molecule has 2 fully saturated rings. The maximum absolute atomic E-state index is 14.3. The molecule has 1 amide bonds. The number of sulfonamides is 1. The molecule has 244 valence electrons. The largest absolute Gasteiger partial charge is 0.530 e. The molecular formula is C32H40N3O9S-. The average molecular weight is 643 g/mol. The fraction of sp³-hybridized carbons (Fsp3) is 0.562. The minimum Gasteiger partial charge on any atom is -0.530 e. The highest BCUT2D eigenvalue weighted by Crippen LogP contribution is 2.37. The van der Waals surface area contributed by atoms with Crippen LogP contribution < -0.4 is 14.6 Å². The number of ether oxygens (including phenoxy) is 4. The van der Waals surface area contributed by atoms with Gasteiger partial charge >= 0.3 is 0 Å². The second kappa shape index (κ2) is 13.9. The van der Waals surface area contributed by atoms with E-state index < -0.39 is 52.6 Å². The van der Waals surface area contributed by atoms with Crippen molar-refractivity contribution >= 4 is 16.1 Å². The predicted molar refractivity (Wildman–Crippen MR) is 160 cm³/mol. The molecular weight excluding hydrogens is 602 g/mol. The first-order valence-electron chi connectivity index (χ1n) is 15.2. The van der Waals surface area contributed by atoms with E-state index in [0.29, 0.717) is 37.6 Å². The van der Waals surface area contributed by atoms with Crippen LogP contribution in [0.4, 0.5) is 4.79 Å². The molecule has 45 heavy (non-hydrogen) atoms. The maximum atomic E-state index is 14.3. The average Bonchev–Trinajstić information content (AvgIpc) is 3.64. The lowest BCUT2D eigenvalue weighted by Gasteiger charge is -2.43. The summed E-state index contributed by atoms with van der Waals surface area (Å²) in [5.74, 6) is 0.490. The second-order valence-corrected chi connectivity index (χ2v) is 14.5. The van der Waals surface area contributed by atoms with Gasteiger partial charge in [0.05, 0.1) is 42.4 Å². The summed E-state index contributed by atoms with van der Waals surface area (Å²) in [5, 5.41) is 34.0. The van der Waals surface area contributed by atoms with Gasteiger partial charge in [0.25, 0.3) is 0 Å². The molecule has 1 N–H and O–H groups in total. The number of carboxylic acid groups (broad SMARTS) is 1. The van der Waals surface area contributed by atoms with E-state index >= 15 is 0 Å². The summed E-state index contributed by atoms with van der Waals surface area (Å²) in [6.07, 6.45) is -2.15. The van der Waals surface area contributed by atoms with Crippen molar-refractivity contribution in [3.05, 3.63) is 54.1 Å². The van der Waals surface area contributed by atoms with Crippen molar-refractivity contribution in [1.82, 2.24) is 9.21 Å². The van der Waals surface area contributed by atoms with E-state index in [9.17, 15) is 28.7 Å². The number of hydrogen-bond acceptors (Lipinski definition) is 10. The smallest absolute Gasteiger partial charge is 0.243 e. The standard InChI is InChI=1S/C32H41N3O9S/c1-32(2,12-6-13-33)21-34(45(39,40)23-9-10-28-29(18-23)42-16-15-41-28)19-27(36)25(17-22-7-4-3-5-8-22)35(31(37)38)26-20-44-30-24(26)11-14-43-30/h3-5,7-10,18,24-27,30,36H,6,11-12,14-17,19-21H2,1-2H3,(H,37,38)/p-1/t24-,25-,26-,27+,30+/m0/s1. The molecule has 2 aromatic rings. The number of carbonyl (C=O) groups is 1. The molecule has 3 heterocycles. The van der Waals surface area contributed by atoms with Gasteiger partial charge in [0.15, 0.2) is 17.8 Å². The fourth-order valence-electron chi connectivity index (χ4n) is 6.38. The summed E-state index contributed by atoms with van der Waals surface area (Å²) >= 11 is 0. The van der Waals surface area contributed by atoms with Crippen LogP contribution in [0.5, 0.6) is 11.5 Å². The number of amides is 1. The van der Waals surface area contributed by atoms with Gasteiger partial charge in [-0.05, 0) is 42.4 Å². The van der Waals surface area contributed by atoms with Gasteiger partial charge in [-0.25, -0.2) is 8.42 Å². The molecule has 0 aromatic heterocycles. The topological polar surface area (TPSA) is 162 Å². The third kappa shape index (κ3) is 7.53. The molecule has 5 atom stereocenters. The summed E-state index contributed by atoms with van der Waals surface area (Å²) in [7, 11) is -4.24. The van der Waals surface area contributed by atoms with Crippen molar-refractivity contribution in [1.29, 1.82) is 5.26 Å². The van der Waals surface area contributed by atoms with Gasteiger partial charge in [-0.1, -0.05) is 44.2 Å². The van der Waals surface area contributed by atoms with Gasteiger partial charge in [0.2, 0.25) is 10.0 Å². The Morgan fingerprint density at radius 1 is 1.11 bits per heavy atom. The first kappa shape index (κ1) is 33.0.